The van der Waals surface area contributed by atoms with Crippen LogP contribution in [0, 0.1) is 12.8 Å². The van der Waals surface area contributed by atoms with E-state index in [0.29, 0.717) is 17.9 Å². The number of fused-ring (bicyclic) bond motifs is 1. The first-order chi connectivity index (χ1) is 15.6. The minimum absolute atomic E-state index is 0.349. The predicted octanol–water partition coefficient (Wildman–Crippen LogP) is 5.03. The van der Waals surface area contributed by atoms with Crippen LogP contribution in [0.3, 0.4) is 0 Å². The number of hydrogen-bond acceptors (Lipinski definition) is 5. The average molecular weight is 427 g/mol. The Morgan fingerprint density at radius 3 is 2.22 bits per heavy atom. The molecule has 0 unspecified atom stereocenters. The lowest BCUT2D eigenvalue weighted by atomic mass is 9.86. The molecule has 0 atom stereocenters. The van der Waals surface area contributed by atoms with Gasteiger partial charge in [-0.15, -0.1) is 0 Å². The summed E-state index contributed by atoms with van der Waals surface area (Å²) in [4.78, 5) is 9.21. The third kappa shape index (κ3) is 4.10. The summed E-state index contributed by atoms with van der Waals surface area (Å²) >= 11 is 0. The molecule has 2 aromatic carbocycles. The van der Waals surface area contributed by atoms with E-state index >= 15 is 0 Å². The van der Waals surface area contributed by atoms with Crippen molar-refractivity contribution in [3.63, 3.8) is 0 Å². The third-order valence-electron chi connectivity index (χ3n) is 6.58. The van der Waals surface area contributed by atoms with Crippen LogP contribution < -0.4 is 11.1 Å². The van der Waals surface area contributed by atoms with Gasteiger partial charge in [0.1, 0.15) is 5.69 Å². The zero-order valence-electron chi connectivity index (χ0n) is 18.8. The molecule has 1 fully saturated rings. The van der Waals surface area contributed by atoms with Crippen molar-refractivity contribution in [2.75, 3.05) is 12.4 Å². The maximum absolute atomic E-state index is 6.11. The molecule has 1 saturated carbocycles. The lowest BCUT2D eigenvalue weighted by Crippen LogP contribution is -2.28. The van der Waals surface area contributed by atoms with Crippen LogP contribution in [-0.4, -0.2) is 32.8 Å². The number of nitrogens with one attached hydrogen (secondary N) is 1. The zero-order valence-corrected chi connectivity index (χ0v) is 18.8. The van der Waals surface area contributed by atoms with Gasteiger partial charge in [-0.2, -0.15) is 10.1 Å². The normalized spacial score (nSPS) is 18.7. The van der Waals surface area contributed by atoms with Gasteiger partial charge >= 0.3 is 0 Å². The van der Waals surface area contributed by atoms with Crippen molar-refractivity contribution in [2.24, 2.45) is 11.7 Å². The van der Waals surface area contributed by atoms with Crippen molar-refractivity contribution in [1.82, 2.24) is 19.7 Å². The molecule has 164 valence electrons. The van der Waals surface area contributed by atoms with Gasteiger partial charge in [0.2, 0.25) is 5.95 Å². The van der Waals surface area contributed by atoms with Crippen LogP contribution in [0.15, 0.2) is 54.7 Å². The van der Waals surface area contributed by atoms with Gasteiger partial charge in [0, 0.05) is 31.4 Å². The summed E-state index contributed by atoms with van der Waals surface area (Å²) in [6, 6.07) is 17.6. The largest absolute Gasteiger partial charge is 0.357 e. The molecule has 0 bridgehead atoms. The molecule has 6 nitrogen and oxygen atoms in total. The van der Waals surface area contributed by atoms with E-state index in [1.54, 1.807) is 0 Å². The zero-order chi connectivity index (χ0) is 22.1. The minimum Gasteiger partial charge on any atom is -0.357 e. The lowest BCUT2D eigenvalue weighted by molar-refractivity contribution is 0.288. The molecule has 4 aromatic rings. The second-order valence-corrected chi connectivity index (χ2v) is 8.94. The number of benzene rings is 2. The topological polar surface area (TPSA) is 81.7 Å². The Morgan fingerprint density at radius 1 is 0.938 bits per heavy atom. The number of aryl methyl sites for hydroxylation is 1. The Hall–Kier alpha value is -3.25. The molecule has 6 heteroatoms. The van der Waals surface area contributed by atoms with Gasteiger partial charge in [0.15, 0.2) is 5.65 Å². The van der Waals surface area contributed by atoms with E-state index in [2.05, 4.69) is 70.4 Å². The molecule has 2 heterocycles. The highest BCUT2D eigenvalue weighted by atomic mass is 15.3. The minimum atomic E-state index is 0.349. The van der Waals surface area contributed by atoms with Gasteiger partial charge in [0.05, 0.1) is 5.39 Å². The van der Waals surface area contributed by atoms with Gasteiger partial charge in [0.25, 0.3) is 0 Å². The first-order valence-electron chi connectivity index (χ1n) is 11.4. The molecule has 0 aliphatic heterocycles. The van der Waals surface area contributed by atoms with Gasteiger partial charge in [-0.25, -0.2) is 9.67 Å². The van der Waals surface area contributed by atoms with Crippen molar-refractivity contribution in [3.05, 3.63) is 60.3 Å². The van der Waals surface area contributed by atoms with Crippen LogP contribution in [0.1, 0.15) is 31.2 Å². The SMILES string of the molecule is CNc1ncc2c(-c3ccc(-c4ccc(C)cc4)cc3)nn(CC3CCC(N)CC3)c2n1. The van der Waals surface area contributed by atoms with Crippen LogP contribution in [0.25, 0.3) is 33.4 Å². The number of anilines is 1. The number of aromatic nitrogens is 4. The van der Waals surface area contributed by atoms with Gasteiger partial charge < -0.3 is 11.1 Å². The van der Waals surface area contributed by atoms with Crippen LogP contribution in [0.2, 0.25) is 0 Å². The molecule has 32 heavy (non-hydrogen) atoms. The summed E-state index contributed by atoms with van der Waals surface area (Å²) in [6.45, 7) is 2.97. The predicted molar refractivity (Wildman–Crippen MR) is 130 cm³/mol. The van der Waals surface area contributed by atoms with Crippen LogP contribution in [0.4, 0.5) is 5.95 Å². The highest BCUT2D eigenvalue weighted by Gasteiger charge is 2.22. The highest BCUT2D eigenvalue weighted by Crippen LogP contribution is 2.31. The van der Waals surface area contributed by atoms with Crippen molar-refractivity contribution >= 4 is 17.0 Å². The number of nitrogens with two attached hydrogens (primary N) is 1. The van der Waals surface area contributed by atoms with E-state index in [0.717, 1.165) is 54.5 Å². The standard InChI is InChI=1S/C26H30N6/c1-17-3-7-19(8-4-17)20-9-11-21(12-10-20)24-23-15-29-26(28-2)30-25(23)32(31-24)16-18-5-13-22(27)14-6-18/h3-4,7-12,15,18,22H,5-6,13-14,16,27H2,1-2H3,(H,28,29,30). The summed E-state index contributed by atoms with van der Waals surface area (Å²) in [6.07, 6.45) is 6.36. The summed E-state index contributed by atoms with van der Waals surface area (Å²) in [7, 11) is 1.84. The molecule has 0 amide bonds. The molecular weight excluding hydrogens is 396 g/mol. The molecule has 1 aliphatic carbocycles. The molecule has 1 aliphatic rings. The van der Waals surface area contributed by atoms with E-state index < -0.39 is 0 Å². The first kappa shape index (κ1) is 20.6. The summed E-state index contributed by atoms with van der Waals surface area (Å²) in [5.74, 6) is 1.20. The second-order valence-electron chi connectivity index (χ2n) is 8.94. The van der Waals surface area contributed by atoms with E-state index in [4.69, 9.17) is 15.8 Å². The summed E-state index contributed by atoms with van der Waals surface area (Å²) in [5, 5.41) is 9.06. The summed E-state index contributed by atoms with van der Waals surface area (Å²) < 4.78 is 2.07. The highest BCUT2D eigenvalue weighted by molar-refractivity contribution is 5.91. The molecule has 0 saturated heterocycles. The third-order valence-corrected chi connectivity index (χ3v) is 6.58. The number of nitrogens with zero attached hydrogens (tertiary/aromatic N) is 4. The Bertz CT molecular complexity index is 1200. The fourth-order valence-electron chi connectivity index (χ4n) is 4.60. The molecule has 5 rings (SSSR count). The van der Waals surface area contributed by atoms with Crippen molar-refractivity contribution in [2.45, 2.75) is 45.2 Å². The maximum atomic E-state index is 6.11. The number of hydrogen-bond donors (Lipinski definition) is 2. The van der Waals surface area contributed by atoms with Crippen LogP contribution >= 0.6 is 0 Å². The molecule has 3 N–H and O–H groups in total. The Labute approximate surface area is 188 Å². The van der Waals surface area contributed by atoms with E-state index in [1.807, 2.05) is 13.2 Å². The molecule has 0 spiro atoms. The van der Waals surface area contributed by atoms with Crippen molar-refractivity contribution in [1.29, 1.82) is 0 Å². The van der Waals surface area contributed by atoms with Crippen molar-refractivity contribution in [3.8, 4) is 22.4 Å². The van der Waals surface area contributed by atoms with E-state index in [-0.39, 0.29) is 0 Å². The maximum Gasteiger partial charge on any atom is 0.224 e. The molecule has 2 aromatic heterocycles. The average Bonchev–Trinajstić information content (AvgIpc) is 3.18. The first-order valence-corrected chi connectivity index (χ1v) is 11.4. The fourth-order valence-corrected chi connectivity index (χ4v) is 4.60. The fraction of sp³-hybridized carbons (Fsp3) is 0.346. The Morgan fingerprint density at radius 2 is 1.56 bits per heavy atom. The Kier molecular flexibility index (Phi) is 5.62. The molecule has 0 radical (unpaired) electrons. The Balaban J connectivity index is 1.50. The molecular formula is C26H30N6. The van der Waals surface area contributed by atoms with Crippen LogP contribution in [0.5, 0.6) is 0 Å². The second kappa shape index (κ2) is 8.71. The quantitative estimate of drug-likeness (QED) is 0.468. The van der Waals surface area contributed by atoms with Gasteiger partial charge in [-0.1, -0.05) is 54.1 Å². The number of rotatable bonds is 5. The smallest absolute Gasteiger partial charge is 0.224 e. The van der Waals surface area contributed by atoms with Gasteiger partial charge in [-0.05, 0) is 49.7 Å². The van der Waals surface area contributed by atoms with E-state index in [1.165, 1.54) is 16.7 Å². The summed E-state index contributed by atoms with van der Waals surface area (Å²) in [5.41, 5.74) is 12.7. The van der Waals surface area contributed by atoms with Crippen LogP contribution in [-0.2, 0) is 6.54 Å². The lowest BCUT2D eigenvalue weighted by Gasteiger charge is -2.25. The van der Waals surface area contributed by atoms with E-state index in [9.17, 15) is 0 Å². The monoisotopic (exact) mass is 426 g/mol. The van der Waals surface area contributed by atoms with Crippen molar-refractivity contribution < 1.29 is 0 Å². The van der Waals surface area contributed by atoms with Gasteiger partial charge in [-0.3, -0.25) is 0 Å².